The number of halogens is 3. The van der Waals surface area contributed by atoms with Crippen molar-refractivity contribution >= 4 is 88.1 Å². The molecule has 9 N–H and O–H groups in total. The van der Waals surface area contributed by atoms with Crippen LogP contribution in [0.25, 0.3) is 0 Å². The summed E-state index contributed by atoms with van der Waals surface area (Å²) in [6, 6.07) is 29.8. The molecule has 3 aromatic carbocycles. The molecule has 0 bridgehead atoms. The highest BCUT2D eigenvalue weighted by molar-refractivity contribution is 6.31. The van der Waals surface area contributed by atoms with Gasteiger partial charge in [-0.3, -0.25) is 29.1 Å². The number of anilines is 2. The van der Waals surface area contributed by atoms with Crippen LogP contribution in [0.15, 0.2) is 122 Å². The molecule has 6 aliphatic carbocycles. The van der Waals surface area contributed by atoms with Crippen molar-refractivity contribution in [2.24, 2.45) is 35.3 Å². The standard InChI is InChI=1S/C29H37ClN4O4.C24H29ClN4O2.C23H35ClN2O2.CO2/c1-28(2,3)38-27(37)34-24(26(36)32-18-29(14-15-29)21-8-10-22(30)11-9-21)19-4-6-20(7-5-19)25(35)33-23-12-16-31-17-13-23;25-19-7-5-18(6-8-19)24(11-12-24)15-28-23(31)21(26)16-1-3-17(4-2-16)22(30)29-20-9-13-27-14-10-20;1-22(2,3)28-21(27)26-20(17-7-5-4-6-8-17)15-25-16-23(13-14-23)18-9-11-19(24)12-10-18;2-1-3/h8-13,16-17,19-20,24H,4-7,14-15,18H2,1-3H3,(H,32,36)(H,34,37)(H,31,33,35);5-10,13-14,16-17,21H,1-4,11-12,15,26H2,(H,28,31)(H,27,29,30);9-12,17,20,25H,4-8,13-16H2,1-3H3,(H,26,27);. The maximum Gasteiger partial charge on any atom is 0.408 e. The Morgan fingerprint density at radius 2 is 0.850 bits per heavy atom. The summed E-state index contributed by atoms with van der Waals surface area (Å²) in [6.07, 6.45) is 24.2. The molecule has 6 amide bonds. The molecular formula is C77H101Cl3N10O10. The highest BCUT2D eigenvalue weighted by Gasteiger charge is 2.47. The minimum Gasteiger partial charge on any atom is -0.444 e. The van der Waals surface area contributed by atoms with E-state index < -0.39 is 29.4 Å². The molecule has 2 heterocycles. The molecule has 3 atom stereocenters. The average Bonchev–Trinajstić information content (AvgIpc) is 1.63. The number of nitrogens with two attached hydrogens (primary N) is 1. The van der Waals surface area contributed by atoms with Crippen LogP contribution in [0.2, 0.25) is 15.1 Å². The summed E-state index contributed by atoms with van der Waals surface area (Å²) in [4.78, 5) is 101. The van der Waals surface area contributed by atoms with Crippen LogP contribution in [0.4, 0.5) is 21.0 Å². The van der Waals surface area contributed by atoms with Gasteiger partial charge in [0.2, 0.25) is 23.6 Å². The highest BCUT2D eigenvalue weighted by Crippen LogP contribution is 2.50. The van der Waals surface area contributed by atoms with Crippen molar-refractivity contribution in [3.63, 3.8) is 0 Å². The third kappa shape index (κ3) is 24.4. The average molecular weight is 1430 g/mol. The maximum atomic E-state index is 13.5. The Morgan fingerprint density at radius 1 is 0.490 bits per heavy atom. The number of pyridine rings is 2. The van der Waals surface area contributed by atoms with Crippen LogP contribution in [0.5, 0.6) is 0 Å². The smallest absolute Gasteiger partial charge is 0.408 e. The molecule has 6 aliphatic rings. The number of aromatic nitrogens is 2. The number of amides is 6. The van der Waals surface area contributed by atoms with E-state index in [4.69, 9.17) is 59.6 Å². The lowest BCUT2D eigenvalue weighted by atomic mass is 9.77. The molecule has 23 heteroatoms. The molecule has 5 aromatic rings. The monoisotopic (exact) mass is 1430 g/mol. The summed E-state index contributed by atoms with van der Waals surface area (Å²) < 4.78 is 11.0. The summed E-state index contributed by atoms with van der Waals surface area (Å²) in [5, 5.41) is 23.9. The fraction of sp³-hybridized carbons (Fsp3) is 0.545. The zero-order valence-electron chi connectivity index (χ0n) is 58.6. The van der Waals surface area contributed by atoms with Gasteiger partial charge in [-0.1, -0.05) is 90.5 Å². The lowest BCUT2D eigenvalue weighted by Crippen LogP contribution is -2.53. The van der Waals surface area contributed by atoms with Crippen molar-refractivity contribution in [3.05, 3.63) is 154 Å². The number of rotatable bonds is 22. The summed E-state index contributed by atoms with van der Waals surface area (Å²) in [7, 11) is 0. The summed E-state index contributed by atoms with van der Waals surface area (Å²) in [5.74, 6) is 0.0262. The molecule has 0 aliphatic heterocycles. The summed E-state index contributed by atoms with van der Waals surface area (Å²) >= 11 is 18.1. The van der Waals surface area contributed by atoms with E-state index in [1.807, 2.05) is 81.4 Å². The lowest BCUT2D eigenvalue weighted by Gasteiger charge is -2.34. The van der Waals surface area contributed by atoms with Crippen molar-refractivity contribution in [2.45, 2.75) is 209 Å². The molecule has 3 unspecified atom stereocenters. The van der Waals surface area contributed by atoms with Gasteiger partial charge in [-0.2, -0.15) is 9.59 Å². The number of hydrogen-bond donors (Lipinski definition) is 8. The molecule has 0 radical (unpaired) electrons. The molecule has 0 saturated heterocycles. The Morgan fingerprint density at radius 3 is 1.23 bits per heavy atom. The van der Waals surface area contributed by atoms with E-state index in [1.54, 1.807) is 69.8 Å². The maximum absolute atomic E-state index is 13.5. The van der Waals surface area contributed by atoms with Crippen molar-refractivity contribution in [3.8, 4) is 0 Å². The number of hydrogen-bond acceptors (Lipinski definition) is 14. The number of alkyl carbamates (subject to hydrolysis) is 2. The fourth-order valence-corrected chi connectivity index (χ4v) is 14.3. The lowest BCUT2D eigenvalue weighted by molar-refractivity contribution is -0.191. The van der Waals surface area contributed by atoms with Gasteiger partial charge >= 0.3 is 18.3 Å². The Labute approximate surface area is 604 Å². The first kappa shape index (κ1) is 78.3. The first-order valence-electron chi connectivity index (χ1n) is 35.4. The van der Waals surface area contributed by atoms with E-state index in [-0.39, 0.29) is 81.8 Å². The Hall–Kier alpha value is -7.45. The van der Waals surface area contributed by atoms with Gasteiger partial charge in [0, 0.05) is 112 Å². The molecule has 20 nitrogen and oxygen atoms in total. The van der Waals surface area contributed by atoms with Crippen molar-refractivity contribution in [1.82, 2.24) is 36.6 Å². The molecule has 540 valence electrons. The van der Waals surface area contributed by atoms with Crippen molar-refractivity contribution < 1.29 is 47.8 Å². The summed E-state index contributed by atoms with van der Waals surface area (Å²) in [5.41, 5.74) is 10.5. The van der Waals surface area contributed by atoms with Gasteiger partial charge in [0.25, 0.3) is 0 Å². The van der Waals surface area contributed by atoms with Gasteiger partial charge in [0.15, 0.2) is 0 Å². The van der Waals surface area contributed by atoms with Crippen LogP contribution < -0.4 is 43.0 Å². The number of carbonyl (C=O) groups excluding carboxylic acids is 8. The van der Waals surface area contributed by atoms with Gasteiger partial charge < -0.3 is 52.4 Å². The second-order valence-corrected chi connectivity index (χ2v) is 31.3. The minimum atomic E-state index is -0.741. The third-order valence-electron chi connectivity index (χ3n) is 20.3. The predicted octanol–water partition coefficient (Wildman–Crippen LogP) is 13.7. The van der Waals surface area contributed by atoms with E-state index >= 15 is 0 Å². The number of benzene rings is 3. The zero-order chi connectivity index (χ0) is 72.1. The van der Waals surface area contributed by atoms with Gasteiger partial charge in [0.1, 0.15) is 17.2 Å². The van der Waals surface area contributed by atoms with Crippen molar-refractivity contribution in [1.29, 1.82) is 0 Å². The van der Waals surface area contributed by atoms with E-state index in [2.05, 4.69) is 59.3 Å². The molecule has 0 spiro atoms. The van der Waals surface area contributed by atoms with Crippen LogP contribution in [0, 0.1) is 29.6 Å². The Kier molecular flexibility index (Phi) is 28.5. The molecule has 2 aromatic heterocycles. The molecular weight excluding hydrogens is 1330 g/mol. The minimum absolute atomic E-state index is 0.0165. The first-order valence-corrected chi connectivity index (χ1v) is 36.5. The van der Waals surface area contributed by atoms with Crippen LogP contribution in [-0.4, -0.2) is 107 Å². The van der Waals surface area contributed by atoms with Gasteiger partial charge in [-0.25, -0.2) is 9.59 Å². The Balaban J connectivity index is 0.000000189. The largest absolute Gasteiger partial charge is 0.444 e. The number of nitrogens with zero attached hydrogens (tertiary/aromatic N) is 2. The Bertz CT molecular complexity index is 3480. The zero-order valence-corrected chi connectivity index (χ0v) is 60.9. The van der Waals surface area contributed by atoms with Gasteiger partial charge in [0.05, 0.1) is 6.04 Å². The molecule has 100 heavy (non-hydrogen) atoms. The molecule has 6 fully saturated rings. The van der Waals surface area contributed by atoms with Crippen LogP contribution in [0.1, 0.15) is 180 Å². The second-order valence-electron chi connectivity index (χ2n) is 30.0. The number of ether oxygens (including phenoxy) is 2. The van der Waals surface area contributed by atoms with Crippen LogP contribution >= 0.6 is 34.8 Å². The van der Waals surface area contributed by atoms with E-state index in [1.165, 1.54) is 56.1 Å². The van der Waals surface area contributed by atoms with E-state index in [9.17, 15) is 28.8 Å². The quantitative estimate of drug-likeness (QED) is 0.0320. The highest BCUT2D eigenvalue weighted by atomic mass is 35.5. The second kappa shape index (κ2) is 36.4. The van der Waals surface area contributed by atoms with Crippen molar-refractivity contribution in [2.75, 3.05) is 36.8 Å². The van der Waals surface area contributed by atoms with Gasteiger partial charge in [-0.15, -0.1) is 0 Å². The molecule has 6 saturated carbocycles. The van der Waals surface area contributed by atoms with Gasteiger partial charge in [-0.05, 0) is 239 Å². The van der Waals surface area contributed by atoms with E-state index in [0.29, 0.717) is 55.4 Å². The van der Waals surface area contributed by atoms with E-state index in [0.717, 1.165) is 85.8 Å². The van der Waals surface area contributed by atoms with Crippen LogP contribution in [-0.2, 0) is 54.5 Å². The number of nitrogens with one attached hydrogen (secondary N) is 7. The van der Waals surface area contributed by atoms with Crippen LogP contribution in [0.3, 0.4) is 0 Å². The normalized spacial score (nSPS) is 20.9. The summed E-state index contributed by atoms with van der Waals surface area (Å²) in [6.45, 7) is 13.9. The fourth-order valence-electron chi connectivity index (χ4n) is 14.0. The molecule has 11 rings (SSSR count). The SMILES string of the molecule is CC(C)(C)OC(=O)NC(C(=O)NCC1(c2ccc(Cl)cc2)CC1)C1CCC(C(=O)Nc2ccncc2)CC1.CC(C)(C)OC(=O)NC(CNCC1(c2ccc(Cl)cc2)CC1)C1CCCCC1.NC(C(=O)NCC1(c2ccc(Cl)cc2)CC1)C1CCC(C(=O)Nc2ccncc2)CC1.O=C=O. The first-order chi connectivity index (χ1) is 47.7. The third-order valence-corrected chi connectivity index (χ3v) is 21.1. The predicted molar refractivity (Wildman–Crippen MR) is 388 cm³/mol. The number of carbonyl (C=O) groups is 6. The topological polar surface area (TPSA) is 291 Å².